The van der Waals surface area contributed by atoms with Crippen LogP contribution < -0.4 is 0 Å². The van der Waals surface area contributed by atoms with Crippen molar-refractivity contribution in [3.05, 3.63) is 29.8 Å². The molecule has 0 bridgehead atoms. The molecule has 1 N–H and O–H groups in total. The van der Waals surface area contributed by atoms with Gasteiger partial charge in [-0.1, -0.05) is 17.8 Å². The molecule has 1 aromatic rings. The minimum absolute atomic E-state index is 0.218. The van der Waals surface area contributed by atoms with E-state index < -0.39 is 11.7 Å². The zero-order chi connectivity index (χ0) is 9.90. The van der Waals surface area contributed by atoms with Crippen LogP contribution in [0.5, 0.6) is 0 Å². The van der Waals surface area contributed by atoms with Crippen molar-refractivity contribution >= 4 is 12.1 Å². The van der Waals surface area contributed by atoms with Crippen molar-refractivity contribution in [2.45, 2.75) is 6.18 Å². The lowest BCUT2D eigenvalue weighted by molar-refractivity contribution is -0.137. The molecule has 0 unspecified atom stereocenters. The summed E-state index contributed by atoms with van der Waals surface area (Å²) < 4.78 is 36.0. The van der Waals surface area contributed by atoms with E-state index in [-0.39, 0.29) is 5.69 Å². The van der Waals surface area contributed by atoms with Gasteiger partial charge < -0.3 is 10.1 Å². The molecule has 0 heterocycles. The molecule has 0 aromatic heterocycles. The van der Waals surface area contributed by atoms with Crippen molar-refractivity contribution in [2.75, 3.05) is 0 Å². The van der Waals surface area contributed by atoms with E-state index in [1.165, 1.54) is 6.40 Å². The van der Waals surface area contributed by atoms with Gasteiger partial charge in [-0.2, -0.15) is 13.2 Å². The fourth-order valence-corrected chi connectivity index (χ4v) is 0.783. The molecule has 0 amide bonds. The maximum absolute atomic E-state index is 12.0. The number of aliphatic imine (C=N–C) groups is 1. The summed E-state index contributed by atoms with van der Waals surface area (Å²) in [7, 11) is 0. The standard InChI is InChI=1S/C8H5F3NO/c9-8(10,11)6-1-3-7(4-2-6)12-5-13/h1-4H,(H,12,13)/q-1. The minimum Gasteiger partial charge on any atom is -0.588 e. The van der Waals surface area contributed by atoms with Gasteiger partial charge in [-0.05, 0) is 0 Å². The SMILES string of the molecule is O[C-]=Nc1ccc(C(F)(F)F)cc1. The van der Waals surface area contributed by atoms with Crippen molar-refractivity contribution in [3.8, 4) is 0 Å². The predicted octanol–water partition coefficient (Wildman–Crippen LogP) is 2.80. The lowest BCUT2D eigenvalue weighted by Crippen LogP contribution is -2.03. The van der Waals surface area contributed by atoms with Crippen LogP contribution in [0, 0.1) is 0 Å². The molecule has 0 saturated heterocycles. The van der Waals surface area contributed by atoms with Crippen LogP contribution >= 0.6 is 0 Å². The number of hydrogen-bond donors (Lipinski definition) is 1. The van der Waals surface area contributed by atoms with Gasteiger partial charge in [-0.15, -0.1) is 12.1 Å². The largest absolute Gasteiger partial charge is 0.588 e. The zero-order valence-electron chi connectivity index (χ0n) is 6.34. The number of rotatable bonds is 1. The molecule has 70 valence electrons. The first-order chi connectivity index (χ1) is 6.04. The molecule has 1 rings (SSSR count). The van der Waals surface area contributed by atoms with E-state index in [0.717, 1.165) is 24.3 Å². The van der Waals surface area contributed by atoms with Crippen LogP contribution in [-0.4, -0.2) is 11.5 Å². The predicted molar refractivity (Wildman–Crippen MR) is 41.2 cm³/mol. The Morgan fingerprint density at radius 1 is 1.15 bits per heavy atom. The van der Waals surface area contributed by atoms with Crippen molar-refractivity contribution in [1.29, 1.82) is 0 Å². The maximum atomic E-state index is 12.0. The third-order valence-electron chi connectivity index (χ3n) is 1.37. The molecular weight excluding hydrogens is 183 g/mol. The van der Waals surface area contributed by atoms with Crippen molar-refractivity contribution < 1.29 is 18.3 Å². The second-order valence-corrected chi connectivity index (χ2v) is 2.26. The Hall–Kier alpha value is -1.52. The van der Waals surface area contributed by atoms with E-state index in [1.807, 2.05) is 0 Å². The first-order valence-corrected chi connectivity index (χ1v) is 3.31. The van der Waals surface area contributed by atoms with Gasteiger partial charge in [-0.3, -0.25) is 0 Å². The van der Waals surface area contributed by atoms with E-state index in [0.29, 0.717) is 0 Å². The monoisotopic (exact) mass is 188 g/mol. The van der Waals surface area contributed by atoms with E-state index in [9.17, 15) is 13.2 Å². The van der Waals surface area contributed by atoms with Gasteiger partial charge in [0.05, 0.1) is 5.56 Å². The summed E-state index contributed by atoms with van der Waals surface area (Å²) in [5, 5.41) is 8.11. The fourth-order valence-electron chi connectivity index (χ4n) is 0.783. The summed E-state index contributed by atoms with van der Waals surface area (Å²) in [6.07, 6.45) is -2.86. The number of alkyl halides is 3. The van der Waals surface area contributed by atoms with Crippen LogP contribution in [0.25, 0.3) is 0 Å². The average Bonchev–Trinajstić information content (AvgIpc) is 2.04. The minimum atomic E-state index is -4.34. The number of aliphatic hydroxyl groups excluding tert-OH is 1. The smallest absolute Gasteiger partial charge is 0.416 e. The first-order valence-electron chi connectivity index (χ1n) is 3.31. The molecule has 0 atom stereocenters. The van der Waals surface area contributed by atoms with Crippen LogP contribution in [0.3, 0.4) is 0 Å². The second-order valence-electron chi connectivity index (χ2n) is 2.26. The van der Waals surface area contributed by atoms with Crippen LogP contribution in [0.2, 0.25) is 0 Å². The van der Waals surface area contributed by atoms with E-state index in [2.05, 4.69) is 4.99 Å². The molecule has 0 spiro atoms. The van der Waals surface area contributed by atoms with Gasteiger partial charge in [-0.25, -0.2) is 0 Å². The molecule has 0 aliphatic carbocycles. The lowest BCUT2D eigenvalue weighted by Gasteiger charge is -2.08. The molecule has 0 radical (unpaired) electrons. The van der Waals surface area contributed by atoms with Crippen LogP contribution in [0.4, 0.5) is 18.9 Å². The molecule has 1 aromatic carbocycles. The van der Waals surface area contributed by atoms with Gasteiger partial charge in [0.1, 0.15) is 0 Å². The molecular formula is C8H5F3NO-. The van der Waals surface area contributed by atoms with Crippen LogP contribution in [0.1, 0.15) is 5.56 Å². The number of benzene rings is 1. The van der Waals surface area contributed by atoms with Gasteiger partial charge in [0, 0.05) is 6.40 Å². The lowest BCUT2D eigenvalue weighted by atomic mass is 10.2. The van der Waals surface area contributed by atoms with Crippen molar-refractivity contribution in [2.24, 2.45) is 4.99 Å². The highest BCUT2D eigenvalue weighted by atomic mass is 19.4. The van der Waals surface area contributed by atoms with Gasteiger partial charge in [0.25, 0.3) is 0 Å². The number of halogens is 3. The van der Waals surface area contributed by atoms with E-state index >= 15 is 0 Å². The van der Waals surface area contributed by atoms with Gasteiger partial charge in [0.15, 0.2) is 0 Å². The third kappa shape index (κ3) is 2.47. The molecule has 0 aliphatic heterocycles. The Morgan fingerprint density at radius 3 is 2.08 bits per heavy atom. The summed E-state index contributed by atoms with van der Waals surface area (Å²) in [5.41, 5.74) is -0.528. The van der Waals surface area contributed by atoms with Crippen LogP contribution in [0.15, 0.2) is 29.3 Å². The molecule has 2 nitrogen and oxygen atoms in total. The molecule has 5 heteroatoms. The quantitative estimate of drug-likeness (QED) is 0.410. The Balaban J connectivity index is 2.94. The Morgan fingerprint density at radius 2 is 1.69 bits per heavy atom. The molecule has 0 aliphatic rings. The van der Waals surface area contributed by atoms with Crippen molar-refractivity contribution in [3.63, 3.8) is 0 Å². The summed E-state index contributed by atoms with van der Waals surface area (Å²) in [5.74, 6) is 0. The number of aliphatic hydroxyl groups is 1. The first kappa shape index (κ1) is 9.57. The van der Waals surface area contributed by atoms with E-state index in [4.69, 9.17) is 5.11 Å². The number of hydrogen-bond acceptors (Lipinski definition) is 1. The highest BCUT2D eigenvalue weighted by Gasteiger charge is 2.29. The molecule has 0 saturated carbocycles. The topological polar surface area (TPSA) is 32.6 Å². The summed E-state index contributed by atoms with van der Waals surface area (Å²) in [6.45, 7) is 0. The Kier molecular flexibility index (Phi) is 2.55. The maximum Gasteiger partial charge on any atom is 0.416 e. The summed E-state index contributed by atoms with van der Waals surface area (Å²) in [6, 6.07) is 4.06. The highest BCUT2D eigenvalue weighted by Crippen LogP contribution is 2.30. The third-order valence-corrected chi connectivity index (χ3v) is 1.37. The molecule has 13 heavy (non-hydrogen) atoms. The molecule has 0 fully saturated rings. The average molecular weight is 188 g/mol. The highest BCUT2D eigenvalue weighted by molar-refractivity contribution is 5.53. The Labute approximate surface area is 72.3 Å². The van der Waals surface area contributed by atoms with Crippen molar-refractivity contribution in [1.82, 2.24) is 0 Å². The summed E-state index contributed by atoms with van der Waals surface area (Å²) >= 11 is 0. The second kappa shape index (κ2) is 3.47. The summed E-state index contributed by atoms with van der Waals surface area (Å²) in [4.78, 5) is 3.27. The van der Waals surface area contributed by atoms with Crippen LogP contribution in [-0.2, 0) is 6.18 Å². The number of nitrogens with zero attached hydrogens (tertiary/aromatic N) is 1. The normalized spacial score (nSPS) is 12.2. The van der Waals surface area contributed by atoms with E-state index in [1.54, 1.807) is 0 Å². The van der Waals surface area contributed by atoms with Gasteiger partial charge >= 0.3 is 6.18 Å². The van der Waals surface area contributed by atoms with Gasteiger partial charge in [0.2, 0.25) is 0 Å². The Bertz CT molecular complexity index is 302. The zero-order valence-corrected chi connectivity index (χ0v) is 6.34. The fraction of sp³-hybridized carbons (Fsp3) is 0.125.